The van der Waals surface area contributed by atoms with Crippen LogP contribution >= 0.6 is 0 Å². The summed E-state index contributed by atoms with van der Waals surface area (Å²) >= 11 is 0. The molecule has 0 fully saturated rings. The third kappa shape index (κ3) is 4.77. The van der Waals surface area contributed by atoms with Gasteiger partial charge in [0.05, 0.1) is 12.8 Å². The number of nitrogens with zero attached hydrogens (tertiary/aromatic N) is 3. The lowest BCUT2D eigenvalue weighted by Gasteiger charge is -2.23. The van der Waals surface area contributed by atoms with Gasteiger partial charge < -0.3 is 19.5 Å². The van der Waals surface area contributed by atoms with Crippen LogP contribution in [0.25, 0.3) is 0 Å². The van der Waals surface area contributed by atoms with E-state index >= 15 is 0 Å². The maximum atomic E-state index is 5.46. The van der Waals surface area contributed by atoms with E-state index < -0.39 is 0 Å². The Kier molecular flexibility index (Phi) is 7.06. The van der Waals surface area contributed by atoms with Crippen LogP contribution in [-0.4, -0.2) is 43.3 Å². The van der Waals surface area contributed by atoms with E-state index in [-0.39, 0.29) is 5.92 Å². The van der Waals surface area contributed by atoms with E-state index in [1.165, 1.54) is 0 Å². The first-order valence-corrected chi connectivity index (χ1v) is 9.02. The van der Waals surface area contributed by atoms with Gasteiger partial charge >= 0.3 is 0 Å². The molecule has 0 bridgehead atoms. The molecule has 0 saturated carbocycles. The summed E-state index contributed by atoms with van der Waals surface area (Å²) in [6.07, 6.45) is 0. The summed E-state index contributed by atoms with van der Waals surface area (Å²) < 4.78 is 10.7. The smallest absolute Gasteiger partial charge is 0.193 e. The predicted octanol–water partition coefficient (Wildman–Crippen LogP) is 3.50. The SMILES string of the molecule is CCNC(=NCC(C)c1c(C)noc1C)N(C)Cc1ccccc1OC. The van der Waals surface area contributed by atoms with Gasteiger partial charge in [0.15, 0.2) is 5.96 Å². The topological polar surface area (TPSA) is 62.9 Å². The number of nitrogens with one attached hydrogen (secondary N) is 1. The highest BCUT2D eigenvalue weighted by Gasteiger charge is 2.17. The third-order valence-electron chi connectivity index (χ3n) is 4.39. The molecule has 6 nitrogen and oxygen atoms in total. The molecule has 1 N–H and O–H groups in total. The Balaban J connectivity index is 2.12. The van der Waals surface area contributed by atoms with Gasteiger partial charge in [-0.2, -0.15) is 0 Å². The van der Waals surface area contributed by atoms with E-state index in [4.69, 9.17) is 14.3 Å². The summed E-state index contributed by atoms with van der Waals surface area (Å²) in [6.45, 7) is 10.4. The Labute approximate surface area is 156 Å². The molecule has 142 valence electrons. The molecule has 0 spiro atoms. The molecule has 1 aromatic carbocycles. The number of aryl methyl sites for hydroxylation is 2. The molecular formula is C20H30N4O2. The molecule has 26 heavy (non-hydrogen) atoms. The van der Waals surface area contributed by atoms with E-state index in [0.29, 0.717) is 6.54 Å². The van der Waals surface area contributed by atoms with E-state index in [1.54, 1.807) is 7.11 Å². The van der Waals surface area contributed by atoms with Crippen LogP contribution < -0.4 is 10.1 Å². The zero-order valence-corrected chi connectivity index (χ0v) is 16.7. The van der Waals surface area contributed by atoms with Crippen molar-refractivity contribution in [2.24, 2.45) is 4.99 Å². The minimum Gasteiger partial charge on any atom is -0.496 e. The second-order valence-corrected chi connectivity index (χ2v) is 6.50. The van der Waals surface area contributed by atoms with Crippen LogP contribution in [0.3, 0.4) is 0 Å². The Morgan fingerprint density at radius 3 is 2.69 bits per heavy atom. The minimum absolute atomic E-state index is 0.245. The fourth-order valence-corrected chi connectivity index (χ4v) is 3.14. The first-order valence-electron chi connectivity index (χ1n) is 9.02. The van der Waals surface area contributed by atoms with Gasteiger partial charge in [-0.25, -0.2) is 0 Å². The Morgan fingerprint density at radius 2 is 2.08 bits per heavy atom. The van der Waals surface area contributed by atoms with Crippen molar-refractivity contribution >= 4 is 5.96 Å². The Hall–Kier alpha value is -2.50. The molecule has 0 amide bonds. The number of aliphatic imine (C=N–C) groups is 1. The number of hydrogen-bond acceptors (Lipinski definition) is 4. The summed E-state index contributed by atoms with van der Waals surface area (Å²) in [6, 6.07) is 8.06. The van der Waals surface area contributed by atoms with E-state index in [1.807, 2.05) is 39.1 Å². The monoisotopic (exact) mass is 358 g/mol. The van der Waals surface area contributed by atoms with Crippen LogP contribution in [0.1, 0.15) is 42.3 Å². The number of aromatic nitrogens is 1. The molecule has 1 aromatic heterocycles. The summed E-state index contributed by atoms with van der Waals surface area (Å²) in [4.78, 5) is 6.94. The molecule has 2 rings (SSSR count). The standard InChI is InChI=1S/C20H30N4O2/c1-7-21-20(22-12-14(2)19-15(3)23-26-16(19)4)24(5)13-17-10-8-9-11-18(17)25-6/h8-11,14H,7,12-13H2,1-6H3,(H,21,22). The number of rotatable bonds is 7. The van der Waals surface area contributed by atoms with Gasteiger partial charge in [-0.3, -0.25) is 4.99 Å². The van der Waals surface area contributed by atoms with Crippen molar-refractivity contribution in [3.8, 4) is 5.75 Å². The first-order chi connectivity index (χ1) is 12.5. The van der Waals surface area contributed by atoms with Crippen molar-refractivity contribution in [2.75, 3.05) is 27.2 Å². The third-order valence-corrected chi connectivity index (χ3v) is 4.39. The van der Waals surface area contributed by atoms with Gasteiger partial charge in [-0.15, -0.1) is 0 Å². The average molecular weight is 358 g/mol. The zero-order chi connectivity index (χ0) is 19.1. The molecule has 6 heteroatoms. The number of hydrogen-bond donors (Lipinski definition) is 1. The molecule has 0 radical (unpaired) electrons. The second-order valence-electron chi connectivity index (χ2n) is 6.50. The fraction of sp³-hybridized carbons (Fsp3) is 0.500. The van der Waals surface area contributed by atoms with Crippen molar-refractivity contribution in [3.05, 3.63) is 46.8 Å². The van der Waals surface area contributed by atoms with Crippen LogP contribution in [0.4, 0.5) is 0 Å². The van der Waals surface area contributed by atoms with Crippen LogP contribution in [0.2, 0.25) is 0 Å². The van der Waals surface area contributed by atoms with Crippen LogP contribution in [0.15, 0.2) is 33.8 Å². The molecule has 2 aromatic rings. The maximum Gasteiger partial charge on any atom is 0.193 e. The summed E-state index contributed by atoms with van der Waals surface area (Å²) in [5.41, 5.74) is 3.22. The second kappa shape index (κ2) is 9.27. The molecule has 0 aliphatic rings. The zero-order valence-electron chi connectivity index (χ0n) is 16.7. The number of benzene rings is 1. The van der Waals surface area contributed by atoms with Gasteiger partial charge in [0.2, 0.25) is 0 Å². The lowest BCUT2D eigenvalue weighted by molar-refractivity contribution is 0.391. The van der Waals surface area contributed by atoms with E-state index in [0.717, 1.165) is 47.4 Å². The molecule has 0 aliphatic heterocycles. The number of ether oxygens (including phenoxy) is 1. The summed E-state index contributed by atoms with van der Waals surface area (Å²) in [5, 5.41) is 7.41. The molecule has 0 saturated heterocycles. The summed E-state index contributed by atoms with van der Waals surface area (Å²) in [7, 11) is 3.73. The number of para-hydroxylation sites is 1. The highest BCUT2D eigenvalue weighted by molar-refractivity contribution is 5.79. The van der Waals surface area contributed by atoms with E-state index in [2.05, 4.69) is 35.3 Å². The maximum absolute atomic E-state index is 5.46. The number of methoxy groups -OCH3 is 1. The van der Waals surface area contributed by atoms with Crippen molar-refractivity contribution in [1.82, 2.24) is 15.4 Å². The quantitative estimate of drug-likeness (QED) is 0.606. The predicted molar refractivity (Wildman–Crippen MR) is 105 cm³/mol. The van der Waals surface area contributed by atoms with Gasteiger partial charge in [-0.1, -0.05) is 30.3 Å². The lowest BCUT2D eigenvalue weighted by atomic mass is 10.00. The highest BCUT2D eigenvalue weighted by atomic mass is 16.5. The normalized spacial score (nSPS) is 12.8. The lowest BCUT2D eigenvalue weighted by Crippen LogP contribution is -2.38. The Morgan fingerprint density at radius 1 is 1.35 bits per heavy atom. The van der Waals surface area contributed by atoms with Crippen LogP contribution in [-0.2, 0) is 6.54 Å². The molecule has 1 atom stereocenters. The fourth-order valence-electron chi connectivity index (χ4n) is 3.14. The molecule has 1 heterocycles. The van der Waals surface area contributed by atoms with Crippen molar-refractivity contribution in [1.29, 1.82) is 0 Å². The van der Waals surface area contributed by atoms with Gasteiger partial charge in [0.1, 0.15) is 11.5 Å². The molecule has 0 aliphatic carbocycles. The first kappa shape index (κ1) is 19.8. The van der Waals surface area contributed by atoms with E-state index in [9.17, 15) is 0 Å². The molecular weight excluding hydrogens is 328 g/mol. The van der Waals surface area contributed by atoms with Crippen LogP contribution in [0.5, 0.6) is 5.75 Å². The van der Waals surface area contributed by atoms with Crippen molar-refractivity contribution in [2.45, 2.75) is 40.2 Å². The van der Waals surface area contributed by atoms with Crippen molar-refractivity contribution < 1.29 is 9.26 Å². The van der Waals surface area contributed by atoms with Gasteiger partial charge in [0.25, 0.3) is 0 Å². The average Bonchev–Trinajstić information content (AvgIpc) is 2.97. The number of guanidine groups is 1. The van der Waals surface area contributed by atoms with Crippen LogP contribution in [0, 0.1) is 13.8 Å². The largest absolute Gasteiger partial charge is 0.496 e. The van der Waals surface area contributed by atoms with Gasteiger partial charge in [-0.05, 0) is 26.8 Å². The molecule has 1 unspecified atom stereocenters. The minimum atomic E-state index is 0.245. The Bertz CT molecular complexity index is 720. The highest BCUT2D eigenvalue weighted by Crippen LogP contribution is 2.23. The van der Waals surface area contributed by atoms with Gasteiger partial charge in [0, 0.05) is 43.7 Å². The summed E-state index contributed by atoms with van der Waals surface area (Å²) in [5.74, 6) is 2.88. The van der Waals surface area contributed by atoms with Crippen molar-refractivity contribution in [3.63, 3.8) is 0 Å².